The lowest BCUT2D eigenvalue weighted by molar-refractivity contribution is 1.26. The van der Waals surface area contributed by atoms with Crippen LogP contribution < -0.4 is 5.73 Å². The van der Waals surface area contributed by atoms with Crippen molar-refractivity contribution < 1.29 is 0 Å². The summed E-state index contributed by atoms with van der Waals surface area (Å²) in [5, 5.41) is 8.05. The Morgan fingerprint density at radius 1 is 1.24 bits per heavy atom. The van der Waals surface area contributed by atoms with E-state index in [1.54, 1.807) is 18.5 Å². The zero-order valence-corrected chi connectivity index (χ0v) is 10.4. The van der Waals surface area contributed by atoms with Crippen molar-refractivity contribution in [1.82, 2.24) is 4.98 Å². The predicted molar refractivity (Wildman–Crippen MR) is 70.8 cm³/mol. The van der Waals surface area contributed by atoms with Gasteiger partial charge in [0.15, 0.2) is 0 Å². The zero-order valence-electron chi connectivity index (χ0n) is 8.85. The van der Waals surface area contributed by atoms with Crippen LogP contribution >= 0.6 is 23.4 Å². The number of hydrogen-bond acceptors (Lipinski definition) is 3. The van der Waals surface area contributed by atoms with Gasteiger partial charge >= 0.3 is 0 Å². The van der Waals surface area contributed by atoms with Gasteiger partial charge in [-0.2, -0.15) is 0 Å². The molecule has 0 radical (unpaired) electrons. The third kappa shape index (κ3) is 2.78. The summed E-state index contributed by atoms with van der Waals surface area (Å²) in [6.45, 7) is 0. The van der Waals surface area contributed by atoms with Crippen LogP contribution in [0.15, 0.2) is 52.5 Å². The Morgan fingerprint density at radius 2 is 1.94 bits per heavy atom. The second kappa shape index (κ2) is 5.21. The van der Waals surface area contributed by atoms with Gasteiger partial charge in [0, 0.05) is 27.7 Å². The molecule has 1 aromatic carbocycles. The maximum Gasteiger partial charge on any atom is 0.125 e. The summed E-state index contributed by atoms with van der Waals surface area (Å²) in [4.78, 5) is 5.86. The largest absolute Gasteiger partial charge is 0.384 e. The first-order valence-corrected chi connectivity index (χ1v) is 6.08. The van der Waals surface area contributed by atoms with E-state index in [-0.39, 0.29) is 5.84 Å². The van der Waals surface area contributed by atoms with Crippen LogP contribution in [0.3, 0.4) is 0 Å². The van der Waals surface area contributed by atoms with Crippen molar-refractivity contribution in [2.24, 2.45) is 5.73 Å². The van der Waals surface area contributed by atoms with Gasteiger partial charge in [-0.15, -0.1) is 0 Å². The number of rotatable bonds is 3. The fourth-order valence-electron chi connectivity index (χ4n) is 1.38. The molecule has 0 atom stereocenters. The Morgan fingerprint density at radius 3 is 2.59 bits per heavy atom. The summed E-state index contributed by atoms with van der Waals surface area (Å²) in [6.07, 6.45) is 3.45. The van der Waals surface area contributed by atoms with E-state index in [2.05, 4.69) is 4.98 Å². The van der Waals surface area contributed by atoms with Crippen LogP contribution in [0.1, 0.15) is 5.56 Å². The SMILES string of the molecule is N=C(N)c1c(Cl)cccc1Sc1ccncc1. The van der Waals surface area contributed by atoms with Gasteiger partial charge in [0.05, 0.1) is 5.02 Å². The number of nitrogens with two attached hydrogens (primary N) is 1. The van der Waals surface area contributed by atoms with Crippen LogP contribution in [0.2, 0.25) is 5.02 Å². The van der Waals surface area contributed by atoms with Crippen molar-refractivity contribution >= 4 is 29.2 Å². The van der Waals surface area contributed by atoms with Crippen molar-refractivity contribution in [1.29, 1.82) is 5.41 Å². The summed E-state index contributed by atoms with van der Waals surface area (Å²) in [7, 11) is 0. The van der Waals surface area contributed by atoms with Crippen molar-refractivity contribution in [3.05, 3.63) is 53.3 Å². The lowest BCUT2D eigenvalue weighted by Crippen LogP contribution is -2.12. The molecule has 0 amide bonds. The first-order valence-electron chi connectivity index (χ1n) is 4.89. The third-order valence-electron chi connectivity index (χ3n) is 2.12. The molecule has 0 bridgehead atoms. The smallest absolute Gasteiger partial charge is 0.125 e. The number of aromatic nitrogens is 1. The van der Waals surface area contributed by atoms with Crippen molar-refractivity contribution in [3.8, 4) is 0 Å². The molecule has 2 aromatic rings. The quantitative estimate of drug-likeness (QED) is 0.660. The Hall–Kier alpha value is -1.52. The van der Waals surface area contributed by atoms with Crippen LogP contribution in [0.25, 0.3) is 0 Å². The highest BCUT2D eigenvalue weighted by Crippen LogP contribution is 2.33. The lowest BCUT2D eigenvalue weighted by Gasteiger charge is -2.09. The van der Waals surface area contributed by atoms with Crippen molar-refractivity contribution in [2.75, 3.05) is 0 Å². The molecule has 1 aromatic heterocycles. The Balaban J connectivity index is 2.40. The van der Waals surface area contributed by atoms with E-state index >= 15 is 0 Å². The third-order valence-corrected chi connectivity index (χ3v) is 3.51. The standard InChI is InChI=1S/C12H10ClN3S/c13-9-2-1-3-10(11(9)12(14)15)17-8-4-6-16-7-5-8/h1-7H,(H3,14,15). The maximum absolute atomic E-state index is 7.55. The van der Waals surface area contributed by atoms with Crippen LogP contribution in [0, 0.1) is 5.41 Å². The number of nitrogens with one attached hydrogen (secondary N) is 1. The monoisotopic (exact) mass is 263 g/mol. The van der Waals surface area contributed by atoms with Crippen molar-refractivity contribution in [3.63, 3.8) is 0 Å². The number of nitrogen functional groups attached to an aromatic ring is 1. The number of amidine groups is 1. The summed E-state index contributed by atoms with van der Waals surface area (Å²) in [6, 6.07) is 9.27. The fraction of sp³-hybridized carbons (Fsp3) is 0. The van der Waals surface area contributed by atoms with Crippen LogP contribution in [0.5, 0.6) is 0 Å². The number of hydrogen-bond donors (Lipinski definition) is 2. The van der Waals surface area contributed by atoms with Crippen LogP contribution in [-0.4, -0.2) is 10.8 Å². The Labute approximate surface area is 109 Å². The minimum Gasteiger partial charge on any atom is -0.384 e. The van der Waals surface area contributed by atoms with Gasteiger partial charge in [0.1, 0.15) is 5.84 Å². The normalized spacial score (nSPS) is 10.2. The summed E-state index contributed by atoms with van der Waals surface area (Å²) in [5.41, 5.74) is 6.12. The van der Waals surface area contributed by atoms with E-state index in [1.165, 1.54) is 11.8 Å². The van der Waals surface area contributed by atoms with Gasteiger partial charge in [-0.05, 0) is 24.3 Å². The molecule has 0 saturated carbocycles. The molecule has 0 saturated heterocycles. The molecule has 17 heavy (non-hydrogen) atoms. The first kappa shape index (κ1) is 12.0. The van der Waals surface area contributed by atoms with Crippen LogP contribution in [0.4, 0.5) is 0 Å². The minimum absolute atomic E-state index is 0.0212. The van der Waals surface area contributed by atoms with E-state index in [0.29, 0.717) is 10.6 Å². The molecule has 0 aliphatic rings. The highest BCUT2D eigenvalue weighted by Gasteiger charge is 2.10. The van der Waals surface area contributed by atoms with Crippen LogP contribution in [-0.2, 0) is 0 Å². The summed E-state index contributed by atoms with van der Waals surface area (Å²) < 4.78 is 0. The molecule has 0 aliphatic heterocycles. The molecular weight excluding hydrogens is 254 g/mol. The molecule has 86 valence electrons. The van der Waals surface area contributed by atoms with Gasteiger partial charge in [-0.25, -0.2) is 0 Å². The van der Waals surface area contributed by atoms with E-state index in [4.69, 9.17) is 22.7 Å². The average molecular weight is 264 g/mol. The average Bonchev–Trinajstić information content (AvgIpc) is 2.30. The summed E-state index contributed by atoms with van der Waals surface area (Å²) >= 11 is 7.56. The highest BCUT2D eigenvalue weighted by atomic mass is 35.5. The Bertz CT molecular complexity index is 543. The van der Waals surface area contributed by atoms with Gasteiger partial charge in [0.25, 0.3) is 0 Å². The molecule has 3 nitrogen and oxygen atoms in total. The molecular formula is C12H10ClN3S. The molecule has 1 heterocycles. The van der Waals surface area contributed by atoms with Gasteiger partial charge in [-0.1, -0.05) is 29.4 Å². The van der Waals surface area contributed by atoms with E-state index in [9.17, 15) is 0 Å². The molecule has 0 aliphatic carbocycles. The fourth-order valence-corrected chi connectivity index (χ4v) is 2.70. The predicted octanol–water partition coefficient (Wildman–Crippen LogP) is 3.17. The molecule has 0 unspecified atom stereocenters. The van der Waals surface area contributed by atoms with Gasteiger partial charge in [-0.3, -0.25) is 10.4 Å². The Kier molecular flexibility index (Phi) is 3.66. The number of halogens is 1. The van der Waals surface area contributed by atoms with Gasteiger partial charge in [0.2, 0.25) is 0 Å². The molecule has 0 spiro atoms. The van der Waals surface area contributed by atoms with Gasteiger partial charge < -0.3 is 5.73 Å². The molecule has 2 rings (SSSR count). The topological polar surface area (TPSA) is 62.8 Å². The number of benzene rings is 1. The first-order chi connectivity index (χ1) is 8.18. The second-order valence-corrected chi connectivity index (χ2v) is 4.83. The molecule has 5 heteroatoms. The lowest BCUT2D eigenvalue weighted by atomic mass is 10.2. The van der Waals surface area contributed by atoms with E-state index in [1.807, 2.05) is 24.3 Å². The zero-order chi connectivity index (χ0) is 12.3. The second-order valence-electron chi connectivity index (χ2n) is 3.31. The van der Waals surface area contributed by atoms with E-state index < -0.39 is 0 Å². The van der Waals surface area contributed by atoms with Crippen molar-refractivity contribution in [2.45, 2.75) is 9.79 Å². The minimum atomic E-state index is -0.0212. The van der Waals surface area contributed by atoms with E-state index in [0.717, 1.165) is 9.79 Å². The number of pyridine rings is 1. The summed E-state index contributed by atoms with van der Waals surface area (Å²) in [5.74, 6) is -0.0212. The maximum atomic E-state index is 7.55. The molecule has 0 fully saturated rings. The molecule has 3 N–H and O–H groups in total. The highest BCUT2D eigenvalue weighted by molar-refractivity contribution is 7.99. The number of nitrogens with zero attached hydrogens (tertiary/aromatic N) is 1.